The van der Waals surface area contributed by atoms with Gasteiger partial charge in [-0.25, -0.2) is 0 Å². The minimum Gasteiger partial charge on any atom is -0.352 e. The molecule has 3 aromatic rings. The van der Waals surface area contributed by atoms with Gasteiger partial charge in [0.1, 0.15) is 6.04 Å². The van der Waals surface area contributed by atoms with Crippen molar-refractivity contribution < 1.29 is 9.59 Å². The Kier molecular flexibility index (Phi) is 11.2. The monoisotopic (exact) mass is 612 g/mol. The van der Waals surface area contributed by atoms with Crippen molar-refractivity contribution in [1.29, 1.82) is 0 Å². The minimum absolute atomic E-state index is 0.0420. The molecule has 1 aliphatic rings. The lowest BCUT2D eigenvalue weighted by Crippen LogP contribution is -2.53. The Hall–Kier alpha value is -2.28. The van der Waals surface area contributed by atoms with Crippen molar-refractivity contribution in [3.05, 3.63) is 105 Å². The van der Waals surface area contributed by atoms with E-state index in [0.717, 1.165) is 46.8 Å². The average Bonchev–Trinajstić information content (AvgIpc) is 2.93. The van der Waals surface area contributed by atoms with Crippen LogP contribution in [0.3, 0.4) is 0 Å². The molecule has 0 spiro atoms. The first-order valence-corrected chi connectivity index (χ1v) is 15.5. The molecular weight excluding hydrogens is 580 g/mol. The summed E-state index contributed by atoms with van der Waals surface area (Å²) < 4.78 is 0.979. The Bertz CT molecular complexity index is 1190. The Morgan fingerprint density at radius 1 is 0.921 bits per heavy atom. The summed E-state index contributed by atoms with van der Waals surface area (Å²) in [4.78, 5) is 29.4. The maximum atomic E-state index is 13.8. The first-order chi connectivity index (χ1) is 18.5. The van der Waals surface area contributed by atoms with Crippen LogP contribution < -0.4 is 5.32 Å². The van der Waals surface area contributed by atoms with Gasteiger partial charge in [0.05, 0.1) is 5.75 Å². The molecule has 0 radical (unpaired) electrons. The number of benzene rings is 3. The third-order valence-corrected chi connectivity index (χ3v) is 8.62. The summed E-state index contributed by atoms with van der Waals surface area (Å²) in [6.07, 6.45) is 5.96. The largest absolute Gasteiger partial charge is 0.352 e. The maximum Gasteiger partial charge on any atom is 0.243 e. The van der Waals surface area contributed by atoms with Gasteiger partial charge >= 0.3 is 0 Å². The van der Waals surface area contributed by atoms with Crippen molar-refractivity contribution in [2.45, 2.75) is 62.9 Å². The second-order valence-electron chi connectivity index (χ2n) is 9.82. The molecule has 4 rings (SSSR count). The van der Waals surface area contributed by atoms with Crippen molar-refractivity contribution in [3.8, 4) is 0 Å². The van der Waals surface area contributed by atoms with Crippen molar-refractivity contribution in [2.24, 2.45) is 0 Å². The van der Waals surface area contributed by atoms with E-state index < -0.39 is 6.04 Å². The van der Waals surface area contributed by atoms with Gasteiger partial charge in [0.2, 0.25) is 11.8 Å². The highest BCUT2D eigenvalue weighted by molar-refractivity contribution is 9.10. The van der Waals surface area contributed by atoms with E-state index in [1.807, 2.05) is 78.9 Å². The molecule has 0 aromatic heterocycles. The van der Waals surface area contributed by atoms with Crippen LogP contribution in [0.15, 0.2) is 83.3 Å². The van der Waals surface area contributed by atoms with Gasteiger partial charge < -0.3 is 10.2 Å². The molecular formula is C31H34BrClN2O2S. The van der Waals surface area contributed by atoms with Crippen LogP contribution in [0.5, 0.6) is 0 Å². The standard InChI is InChI=1S/C31H34BrClN2O2S/c32-26-16-14-24(15-17-26)20-35(30(36)22-38-21-25-10-7-11-27(33)18-25)29(19-23-8-3-1-4-9-23)31(37)34-28-12-5-2-6-13-28/h1,3-4,7-11,14-18,28-29H,2,5-6,12-13,19-22H2,(H,34,37). The predicted molar refractivity (Wildman–Crippen MR) is 161 cm³/mol. The lowest BCUT2D eigenvalue weighted by Gasteiger charge is -2.33. The van der Waals surface area contributed by atoms with Crippen LogP contribution in [0.25, 0.3) is 0 Å². The molecule has 3 aromatic carbocycles. The Labute approximate surface area is 243 Å². The van der Waals surface area contributed by atoms with Gasteiger partial charge in [0.25, 0.3) is 0 Å². The molecule has 1 atom stereocenters. The summed E-state index contributed by atoms with van der Waals surface area (Å²) in [5.74, 6) is 0.854. The summed E-state index contributed by atoms with van der Waals surface area (Å²) in [6, 6.07) is 25.2. The number of hydrogen-bond donors (Lipinski definition) is 1. The molecule has 1 aliphatic carbocycles. The van der Waals surface area contributed by atoms with Crippen LogP contribution in [0, 0.1) is 0 Å². The lowest BCUT2D eigenvalue weighted by atomic mass is 9.94. The van der Waals surface area contributed by atoms with E-state index in [9.17, 15) is 9.59 Å². The molecule has 1 N–H and O–H groups in total. The fourth-order valence-corrected chi connectivity index (χ4v) is 6.19. The molecule has 0 heterocycles. The van der Waals surface area contributed by atoms with Crippen LogP contribution in [0.2, 0.25) is 5.02 Å². The number of nitrogens with zero attached hydrogens (tertiary/aromatic N) is 1. The zero-order valence-electron chi connectivity index (χ0n) is 21.5. The summed E-state index contributed by atoms with van der Waals surface area (Å²) >= 11 is 11.2. The van der Waals surface area contributed by atoms with E-state index in [1.165, 1.54) is 6.42 Å². The van der Waals surface area contributed by atoms with Gasteiger partial charge in [-0.2, -0.15) is 0 Å². The highest BCUT2D eigenvalue weighted by atomic mass is 79.9. The number of carbonyl (C=O) groups excluding carboxylic acids is 2. The van der Waals surface area contributed by atoms with E-state index in [1.54, 1.807) is 16.7 Å². The smallest absolute Gasteiger partial charge is 0.243 e. The van der Waals surface area contributed by atoms with Gasteiger partial charge in [-0.05, 0) is 53.8 Å². The van der Waals surface area contributed by atoms with Crippen LogP contribution >= 0.6 is 39.3 Å². The molecule has 1 fully saturated rings. The van der Waals surface area contributed by atoms with E-state index in [-0.39, 0.29) is 23.6 Å². The second kappa shape index (κ2) is 14.8. The van der Waals surface area contributed by atoms with Gasteiger partial charge in [-0.1, -0.05) is 101 Å². The molecule has 200 valence electrons. The lowest BCUT2D eigenvalue weighted by molar-refractivity contribution is -0.139. The van der Waals surface area contributed by atoms with Gasteiger partial charge in [-0.3, -0.25) is 9.59 Å². The zero-order chi connectivity index (χ0) is 26.7. The molecule has 1 unspecified atom stereocenters. The van der Waals surface area contributed by atoms with Gasteiger partial charge in [0.15, 0.2) is 0 Å². The van der Waals surface area contributed by atoms with Crippen LogP contribution in [0.1, 0.15) is 48.8 Å². The number of thioether (sulfide) groups is 1. The Morgan fingerprint density at radius 3 is 2.34 bits per heavy atom. The second-order valence-corrected chi connectivity index (χ2v) is 12.2. The van der Waals surface area contributed by atoms with Crippen LogP contribution in [-0.2, 0) is 28.3 Å². The van der Waals surface area contributed by atoms with E-state index in [4.69, 9.17) is 11.6 Å². The first kappa shape index (κ1) is 28.7. The number of amides is 2. The third kappa shape index (κ3) is 8.89. The molecule has 7 heteroatoms. The Balaban J connectivity index is 1.56. The normalized spacial score (nSPS) is 14.6. The van der Waals surface area contributed by atoms with Crippen molar-refractivity contribution in [1.82, 2.24) is 10.2 Å². The minimum atomic E-state index is -0.595. The topological polar surface area (TPSA) is 49.4 Å². The highest BCUT2D eigenvalue weighted by Crippen LogP contribution is 2.22. The number of hydrogen-bond acceptors (Lipinski definition) is 3. The third-order valence-electron chi connectivity index (χ3n) is 6.87. The summed E-state index contributed by atoms with van der Waals surface area (Å²) in [7, 11) is 0. The summed E-state index contributed by atoms with van der Waals surface area (Å²) in [6.45, 7) is 0.374. The van der Waals surface area contributed by atoms with Crippen molar-refractivity contribution >= 4 is 51.1 Å². The van der Waals surface area contributed by atoms with Crippen LogP contribution in [0.4, 0.5) is 0 Å². The molecule has 0 saturated heterocycles. The maximum absolute atomic E-state index is 13.8. The highest BCUT2D eigenvalue weighted by Gasteiger charge is 2.31. The molecule has 2 amide bonds. The molecule has 0 aliphatic heterocycles. The van der Waals surface area contributed by atoms with E-state index in [2.05, 4.69) is 21.2 Å². The number of carbonyl (C=O) groups is 2. The fraction of sp³-hybridized carbons (Fsp3) is 0.355. The predicted octanol–water partition coefficient (Wildman–Crippen LogP) is 7.42. The fourth-order valence-electron chi connectivity index (χ4n) is 4.85. The first-order valence-electron chi connectivity index (χ1n) is 13.2. The quantitative estimate of drug-likeness (QED) is 0.245. The zero-order valence-corrected chi connectivity index (χ0v) is 24.6. The van der Waals surface area contributed by atoms with Gasteiger partial charge in [-0.15, -0.1) is 11.8 Å². The summed E-state index contributed by atoms with van der Waals surface area (Å²) in [5.41, 5.74) is 3.10. The molecule has 0 bridgehead atoms. The van der Waals surface area contributed by atoms with E-state index >= 15 is 0 Å². The van der Waals surface area contributed by atoms with Crippen molar-refractivity contribution in [3.63, 3.8) is 0 Å². The Morgan fingerprint density at radius 2 is 1.63 bits per heavy atom. The van der Waals surface area contributed by atoms with Crippen LogP contribution in [-0.4, -0.2) is 34.6 Å². The average molecular weight is 614 g/mol. The number of halogens is 2. The molecule has 1 saturated carbocycles. The molecule has 4 nitrogen and oxygen atoms in total. The van der Waals surface area contributed by atoms with Crippen molar-refractivity contribution in [2.75, 3.05) is 5.75 Å². The number of nitrogens with one attached hydrogen (secondary N) is 1. The number of rotatable bonds is 11. The SMILES string of the molecule is O=C(NC1CCCCC1)C(Cc1ccccc1)N(Cc1ccc(Br)cc1)C(=O)CSCc1cccc(Cl)c1. The summed E-state index contributed by atoms with van der Waals surface area (Å²) in [5, 5.41) is 3.98. The molecule has 38 heavy (non-hydrogen) atoms. The van der Waals surface area contributed by atoms with Gasteiger partial charge in [0, 0.05) is 34.3 Å². The van der Waals surface area contributed by atoms with E-state index in [0.29, 0.717) is 23.7 Å².